The van der Waals surface area contributed by atoms with E-state index in [0.717, 1.165) is 37.0 Å². The summed E-state index contributed by atoms with van der Waals surface area (Å²) in [6, 6.07) is 0. The first-order valence-electron chi connectivity index (χ1n) is 6.73. The molecule has 0 spiro atoms. The molecule has 0 aromatic heterocycles. The van der Waals surface area contributed by atoms with Crippen LogP contribution in [0, 0.1) is 23.2 Å². The Morgan fingerprint density at radius 2 is 1.54 bits per heavy atom. The normalized spacial score (nSPS) is 59.9. The Kier molecular flexibility index (Phi) is 1.34. The first-order valence-corrected chi connectivity index (χ1v) is 5.58. The Balaban J connectivity index is 1.86. The number of rotatable bonds is 2. The topological polar surface area (TPSA) is 0 Å². The molecule has 0 amide bonds. The minimum absolute atomic E-state index is 0.115. The lowest BCUT2D eigenvalue weighted by Crippen LogP contribution is -2.46. The van der Waals surface area contributed by atoms with Gasteiger partial charge in [0, 0.05) is 1.37 Å². The van der Waals surface area contributed by atoms with Crippen LogP contribution in [0.25, 0.3) is 0 Å². The van der Waals surface area contributed by atoms with Gasteiger partial charge < -0.3 is 0 Å². The van der Waals surface area contributed by atoms with Crippen molar-refractivity contribution in [2.45, 2.75) is 44.9 Å². The third-order valence-corrected chi connectivity index (χ3v) is 4.50. The lowest BCUT2D eigenvalue weighted by molar-refractivity contribution is -0.0597. The summed E-state index contributed by atoms with van der Waals surface area (Å²) < 4.78 is 28.2. The molecule has 4 bridgehead atoms. The van der Waals surface area contributed by atoms with Crippen molar-refractivity contribution < 1.29 is 7.13 Å². The highest BCUT2D eigenvalue weighted by atomic mass is 19.1. The van der Waals surface area contributed by atoms with Crippen LogP contribution in [0.15, 0.2) is 0 Å². The first kappa shape index (κ1) is 6.42. The number of alkyl halides is 1. The Morgan fingerprint density at radius 3 is 1.92 bits per heavy atom. The SMILES string of the molecule is [2H][C@H](F)[C@@H]([2H])C12CC3CC(CC(C3)C1)C2. The molecule has 0 nitrogen and oxygen atoms in total. The van der Waals surface area contributed by atoms with Gasteiger partial charge in [0.2, 0.25) is 0 Å². The van der Waals surface area contributed by atoms with E-state index < -0.39 is 13.0 Å². The fraction of sp³-hybridized carbons (Fsp3) is 1.00. The largest absolute Gasteiger partial charge is 0.251 e. The maximum atomic E-state index is 13.1. The summed E-state index contributed by atoms with van der Waals surface area (Å²) in [4.78, 5) is 0. The van der Waals surface area contributed by atoms with Crippen molar-refractivity contribution in [2.24, 2.45) is 23.2 Å². The third kappa shape index (κ3) is 1.23. The molecule has 0 aromatic carbocycles. The Bertz CT molecular complexity index is 229. The van der Waals surface area contributed by atoms with E-state index in [2.05, 4.69) is 0 Å². The second-order valence-corrected chi connectivity index (χ2v) is 5.57. The summed E-state index contributed by atoms with van der Waals surface area (Å²) >= 11 is 0. The summed E-state index contributed by atoms with van der Waals surface area (Å²) in [5.74, 6) is 2.26. The lowest BCUT2D eigenvalue weighted by Gasteiger charge is -2.56. The molecule has 0 aromatic rings. The van der Waals surface area contributed by atoms with Crippen LogP contribution in [0.1, 0.15) is 47.7 Å². The fourth-order valence-electron chi connectivity index (χ4n) is 4.52. The first-order chi connectivity index (χ1) is 7.09. The minimum atomic E-state index is -1.69. The molecule has 0 unspecified atom stereocenters. The molecular weight excluding hydrogens is 163 g/mol. The van der Waals surface area contributed by atoms with Crippen molar-refractivity contribution in [3.63, 3.8) is 0 Å². The maximum absolute atomic E-state index is 13.1. The summed E-state index contributed by atoms with van der Waals surface area (Å²) in [5.41, 5.74) is -0.115. The van der Waals surface area contributed by atoms with E-state index in [4.69, 9.17) is 2.74 Å². The Morgan fingerprint density at radius 1 is 1.08 bits per heavy atom. The molecule has 0 saturated heterocycles. The third-order valence-electron chi connectivity index (χ3n) is 4.50. The van der Waals surface area contributed by atoms with Crippen LogP contribution in [0.4, 0.5) is 4.39 Å². The molecule has 4 aliphatic rings. The van der Waals surface area contributed by atoms with Gasteiger partial charge in [-0.05, 0) is 68.1 Å². The Hall–Kier alpha value is -0.0700. The van der Waals surface area contributed by atoms with Crippen LogP contribution in [0.2, 0.25) is 0 Å². The van der Waals surface area contributed by atoms with Crippen molar-refractivity contribution in [3.8, 4) is 0 Å². The average molecular weight is 184 g/mol. The van der Waals surface area contributed by atoms with Gasteiger partial charge in [0.15, 0.2) is 0 Å². The molecule has 1 heteroatoms. The lowest BCUT2D eigenvalue weighted by atomic mass is 9.49. The standard InChI is InChI=1S/C12H19F/c13-2-1-12-6-9-3-10(7-12)5-11(4-9)8-12/h9-11H,1-8H2/i1D,2D/t1-,2+,9?,10?,11?,12?/m1/s1. The van der Waals surface area contributed by atoms with Gasteiger partial charge in [-0.2, -0.15) is 0 Å². The molecular formula is C12H19F. The minimum Gasteiger partial charge on any atom is -0.251 e. The highest BCUT2D eigenvalue weighted by Crippen LogP contribution is 2.61. The van der Waals surface area contributed by atoms with Crippen molar-refractivity contribution in [1.29, 1.82) is 0 Å². The molecule has 4 fully saturated rings. The zero-order chi connectivity index (χ0) is 10.6. The van der Waals surface area contributed by atoms with Gasteiger partial charge in [0.1, 0.15) is 0 Å². The van der Waals surface area contributed by atoms with E-state index in [1.54, 1.807) is 0 Å². The number of hydrogen-bond acceptors (Lipinski definition) is 0. The maximum Gasteiger partial charge on any atom is 0.0899 e. The second-order valence-electron chi connectivity index (χ2n) is 5.57. The van der Waals surface area contributed by atoms with Gasteiger partial charge in [0.05, 0.1) is 8.02 Å². The molecule has 4 rings (SSSR count). The van der Waals surface area contributed by atoms with Crippen molar-refractivity contribution in [2.75, 3.05) is 6.65 Å². The fourth-order valence-corrected chi connectivity index (χ4v) is 4.52. The molecule has 2 atom stereocenters. The quantitative estimate of drug-likeness (QED) is 0.615. The molecule has 4 saturated carbocycles. The van der Waals surface area contributed by atoms with Crippen LogP contribution in [0.3, 0.4) is 0 Å². The zero-order valence-electron chi connectivity index (χ0n) is 10.0. The summed E-state index contributed by atoms with van der Waals surface area (Å²) in [6.07, 6.45) is 6.28. The molecule has 0 radical (unpaired) electrons. The second kappa shape index (κ2) is 2.71. The van der Waals surface area contributed by atoms with Crippen LogP contribution in [-0.2, 0) is 0 Å². The smallest absolute Gasteiger partial charge is 0.0899 e. The van der Waals surface area contributed by atoms with E-state index in [-0.39, 0.29) is 5.41 Å². The number of hydrogen-bond donors (Lipinski definition) is 0. The van der Waals surface area contributed by atoms with Crippen molar-refractivity contribution in [1.82, 2.24) is 0 Å². The molecule has 0 aliphatic heterocycles. The summed E-state index contributed by atoms with van der Waals surface area (Å²) in [5, 5.41) is 0. The van der Waals surface area contributed by atoms with Gasteiger partial charge in [-0.25, -0.2) is 0 Å². The van der Waals surface area contributed by atoms with E-state index in [1.165, 1.54) is 19.3 Å². The van der Waals surface area contributed by atoms with Gasteiger partial charge in [0.25, 0.3) is 0 Å². The monoisotopic (exact) mass is 184 g/mol. The van der Waals surface area contributed by atoms with E-state index >= 15 is 0 Å². The van der Waals surface area contributed by atoms with Crippen molar-refractivity contribution in [3.05, 3.63) is 0 Å². The van der Waals surface area contributed by atoms with Crippen LogP contribution in [0.5, 0.6) is 0 Å². The zero-order valence-corrected chi connectivity index (χ0v) is 8.01. The molecule has 0 heterocycles. The van der Waals surface area contributed by atoms with Gasteiger partial charge in [-0.15, -0.1) is 0 Å². The van der Waals surface area contributed by atoms with Gasteiger partial charge in [-0.3, -0.25) is 4.39 Å². The average Bonchev–Trinajstić information content (AvgIpc) is 2.14. The highest BCUT2D eigenvalue weighted by molar-refractivity contribution is 5.01. The molecule has 13 heavy (non-hydrogen) atoms. The summed E-state index contributed by atoms with van der Waals surface area (Å²) in [7, 11) is 0. The number of halogens is 1. The van der Waals surface area contributed by atoms with E-state index in [0.29, 0.717) is 0 Å². The molecule has 4 aliphatic carbocycles. The predicted molar refractivity (Wildman–Crippen MR) is 51.2 cm³/mol. The Labute approximate surface area is 82.7 Å². The van der Waals surface area contributed by atoms with Crippen LogP contribution >= 0.6 is 0 Å². The molecule has 74 valence electrons. The van der Waals surface area contributed by atoms with Crippen molar-refractivity contribution >= 4 is 0 Å². The summed E-state index contributed by atoms with van der Waals surface area (Å²) in [6.45, 7) is -1.69. The van der Waals surface area contributed by atoms with E-state index in [1.807, 2.05) is 0 Å². The molecule has 0 N–H and O–H groups in total. The highest BCUT2D eigenvalue weighted by Gasteiger charge is 2.50. The van der Waals surface area contributed by atoms with E-state index in [9.17, 15) is 4.39 Å². The van der Waals surface area contributed by atoms with Gasteiger partial charge >= 0.3 is 0 Å². The van der Waals surface area contributed by atoms with Crippen LogP contribution < -0.4 is 0 Å². The van der Waals surface area contributed by atoms with Crippen LogP contribution in [-0.4, -0.2) is 6.65 Å². The predicted octanol–water partition coefficient (Wildman–Crippen LogP) is 3.56. The van der Waals surface area contributed by atoms with Gasteiger partial charge in [-0.1, -0.05) is 0 Å².